The summed E-state index contributed by atoms with van der Waals surface area (Å²) in [5, 5.41) is 2.72. The minimum Gasteiger partial charge on any atom is -0.495 e. The van der Waals surface area contributed by atoms with Gasteiger partial charge in [0.05, 0.1) is 24.9 Å². The lowest BCUT2D eigenvalue weighted by Crippen LogP contribution is -2.40. The molecule has 7 nitrogen and oxygen atoms in total. The Hall–Kier alpha value is -3.43. The van der Waals surface area contributed by atoms with E-state index in [1.807, 2.05) is 0 Å². The first-order valence-corrected chi connectivity index (χ1v) is 8.92. The molecule has 2 aromatic rings. The molecule has 0 bridgehead atoms. The molecular formula is C20H20F3N3O4. The summed E-state index contributed by atoms with van der Waals surface area (Å²) in [5.74, 6) is 0.454. The van der Waals surface area contributed by atoms with Gasteiger partial charge in [-0.3, -0.25) is 4.79 Å². The second-order valence-corrected chi connectivity index (χ2v) is 6.77. The molecule has 1 saturated heterocycles. The van der Waals surface area contributed by atoms with Gasteiger partial charge in [0.2, 0.25) is 5.91 Å². The number of anilines is 1. The van der Waals surface area contributed by atoms with Gasteiger partial charge in [-0.25, -0.2) is 4.79 Å². The summed E-state index contributed by atoms with van der Waals surface area (Å²) in [7, 11) is 4.57. The number of ether oxygens (including phenoxy) is 2. The maximum Gasteiger partial charge on any atom is 0.416 e. The van der Waals surface area contributed by atoms with Crippen molar-refractivity contribution in [1.29, 1.82) is 0 Å². The molecule has 0 radical (unpaired) electrons. The number of nitrogens with zero attached hydrogens (tertiary/aromatic N) is 2. The summed E-state index contributed by atoms with van der Waals surface area (Å²) < 4.78 is 48.9. The molecule has 10 heteroatoms. The van der Waals surface area contributed by atoms with Gasteiger partial charge in [0.15, 0.2) is 0 Å². The molecule has 2 aromatic carbocycles. The van der Waals surface area contributed by atoms with Crippen molar-refractivity contribution >= 4 is 17.6 Å². The number of carbonyl (C=O) groups excluding carboxylic acids is 2. The van der Waals surface area contributed by atoms with Crippen LogP contribution in [0, 0.1) is 0 Å². The number of carbonyl (C=O) groups is 2. The van der Waals surface area contributed by atoms with Crippen LogP contribution in [0.3, 0.4) is 0 Å². The molecule has 1 heterocycles. The zero-order valence-corrected chi connectivity index (χ0v) is 16.5. The number of urea groups is 1. The number of nitrogens with one attached hydrogen (secondary N) is 1. The predicted octanol–water partition coefficient (Wildman–Crippen LogP) is 3.81. The Balaban J connectivity index is 1.77. The summed E-state index contributed by atoms with van der Waals surface area (Å²) in [5.41, 5.74) is -0.472. The number of methoxy groups -OCH3 is 1. The fraction of sp³-hybridized carbons (Fsp3) is 0.300. The first-order valence-electron chi connectivity index (χ1n) is 8.92. The Bertz CT molecular complexity index is 947. The van der Waals surface area contributed by atoms with Crippen LogP contribution in [0.4, 0.5) is 23.7 Å². The van der Waals surface area contributed by atoms with Crippen LogP contribution in [0.1, 0.15) is 5.56 Å². The molecule has 3 rings (SSSR count). The van der Waals surface area contributed by atoms with Crippen molar-refractivity contribution in [2.75, 3.05) is 33.1 Å². The van der Waals surface area contributed by atoms with Gasteiger partial charge in [-0.1, -0.05) is 0 Å². The van der Waals surface area contributed by atoms with Gasteiger partial charge in [0.25, 0.3) is 0 Å². The molecule has 160 valence electrons. The average Bonchev–Trinajstić information content (AvgIpc) is 2.95. The molecule has 0 aromatic heterocycles. The van der Waals surface area contributed by atoms with Gasteiger partial charge < -0.3 is 24.6 Å². The molecule has 1 atom stereocenters. The second-order valence-electron chi connectivity index (χ2n) is 6.77. The predicted molar refractivity (Wildman–Crippen MR) is 103 cm³/mol. The van der Waals surface area contributed by atoms with Crippen LogP contribution in [0.15, 0.2) is 42.5 Å². The van der Waals surface area contributed by atoms with Crippen LogP contribution in [0.5, 0.6) is 17.2 Å². The highest BCUT2D eigenvalue weighted by Crippen LogP contribution is 2.34. The molecule has 0 spiro atoms. The van der Waals surface area contributed by atoms with Crippen molar-refractivity contribution in [2.24, 2.45) is 0 Å². The Kier molecular flexibility index (Phi) is 5.77. The van der Waals surface area contributed by atoms with Gasteiger partial charge in [-0.05, 0) is 36.4 Å². The van der Waals surface area contributed by atoms with Crippen LogP contribution in [-0.4, -0.2) is 55.5 Å². The van der Waals surface area contributed by atoms with E-state index in [-0.39, 0.29) is 18.3 Å². The number of hydrogen-bond acceptors (Lipinski definition) is 4. The first kappa shape index (κ1) is 21.3. The summed E-state index contributed by atoms with van der Waals surface area (Å²) >= 11 is 0. The molecule has 0 unspecified atom stereocenters. The highest BCUT2D eigenvalue weighted by atomic mass is 19.4. The summed E-state index contributed by atoms with van der Waals surface area (Å²) in [6.07, 6.45) is -4.43. The summed E-state index contributed by atoms with van der Waals surface area (Å²) in [6.45, 7) is 0.241. The van der Waals surface area contributed by atoms with Crippen molar-refractivity contribution in [3.05, 3.63) is 48.0 Å². The van der Waals surface area contributed by atoms with Crippen molar-refractivity contribution in [3.63, 3.8) is 0 Å². The van der Waals surface area contributed by atoms with E-state index in [4.69, 9.17) is 9.47 Å². The van der Waals surface area contributed by atoms with Crippen LogP contribution in [0.25, 0.3) is 0 Å². The topological polar surface area (TPSA) is 71.1 Å². The highest BCUT2D eigenvalue weighted by molar-refractivity contribution is 5.99. The Morgan fingerprint density at radius 3 is 2.27 bits per heavy atom. The quantitative estimate of drug-likeness (QED) is 0.794. The fourth-order valence-electron chi connectivity index (χ4n) is 3.03. The summed E-state index contributed by atoms with van der Waals surface area (Å²) in [6, 6.07) is 7.94. The van der Waals surface area contributed by atoms with Crippen molar-refractivity contribution in [2.45, 2.75) is 12.2 Å². The van der Waals surface area contributed by atoms with Crippen LogP contribution in [0.2, 0.25) is 0 Å². The number of rotatable bonds is 5. The Morgan fingerprint density at radius 1 is 1.10 bits per heavy atom. The molecule has 30 heavy (non-hydrogen) atoms. The standard InChI is InChI=1S/C20H20F3N3O4/c1-25-11-16(26(2)19(25)28)18(27)24-15-10-14(8-9-17(15)29-3)30-13-6-4-12(5-7-13)20(21,22)23/h4-10,16H,11H2,1-3H3,(H,24,27)/t16-/m1/s1. The average molecular weight is 423 g/mol. The first-order chi connectivity index (χ1) is 14.1. The van der Waals surface area contributed by atoms with Crippen molar-refractivity contribution < 1.29 is 32.2 Å². The second kappa shape index (κ2) is 8.13. The molecule has 3 amide bonds. The van der Waals surface area contributed by atoms with E-state index in [9.17, 15) is 22.8 Å². The molecule has 0 saturated carbocycles. The van der Waals surface area contributed by atoms with Gasteiger partial charge >= 0.3 is 12.2 Å². The van der Waals surface area contributed by atoms with E-state index in [1.165, 1.54) is 42.2 Å². The number of likely N-dealkylation sites (N-methyl/N-ethyl adjacent to an activating group) is 2. The Morgan fingerprint density at radius 2 is 1.73 bits per heavy atom. The number of halogens is 3. The third kappa shape index (κ3) is 4.42. The molecule has 0 aliphatic carbocycles. The van der Waals surface area contributed by atoms with Crippen LogP contribution in [-0.2, 0) is 11.0 Å². The minimum absolute atomic E-state index is 0.202. The lowest BCUT2D eigenvalue weighted by Gasteiger charge is -2.19. The molecule has 1 fully saturated rings. The van der Waals surface area contributed by atoms with Crippen molar-refractivity contribution in [3.8, 4) is 17.2 Å². The van der Waals surface area contributed by atoms with Crippen LogP contribution >= 0.6 is 0 Å². The monoisotopic (exact) mass is 423 g/mol. The number of benzene rings is 2. The minimum atomic E-state index is -4.43. The van der Waals surface area contributed by atoms with E-state index in [1.54, 1.807) is 19.2 Å². The van der Waals surface area contributed by atoms with E-state index >= 15 is 0 Å². The zero-order valence-electron chi connectivity index (χ0n) is 16.5. The van der Waals surface area contributed by atoms with Gasteiger partial charge in [0, 0.05) is 20.2 Å². The zero-order chi connectivity index (χ0) is 22.1. The lowest BCUT2D eigenvalue weighted by molar-refractivity contribution is -0.137. The highest BCUT2D eigenvalue weighted by Gasteiger charge is 2.37. The van der Waals surface area contributed by atoms with Gasteiger partial charge in [-0.2, -0.15) is 13.2 Å². The normalized spacial score (nSPS) is 16.6. The number of hydrogen-bond donors (Lipinski definition) is 1. The molecule has 1 aliphatic heterocycles. The maximum absolute atomic E-state index is 12.7. The SMILES string of the molecule is COc1ccc(Oc2ccc(C(F)(F)F)cc2)cc1NC(=O)[C@H]1CN(C)C(=O)N1C. The van der Waals surface area contributed by atoms with Crippen LogP contribution < -0.4 is 14.8 Å². The molecule has 1 N–H and O–H groups in total. The Labute approximate surface area is 171 Å². The fourth-order valence-corrected chi connectivity index (χ4v) is 3.03. The third-order valence-corrected chi connectivity index (χ3v) is 4.69. The lowest BCUT2D eigenvalue weighted by atomic mass is 10.2. The van der Waals surface area contributed by atoms with Gasteiger partial charge in [-0.15, -0.1) is 0 Å². The molecule has 1 aliphatic rings. The van der Waals surface area contributed by atoms with E-state index in [0.717, 1.165) is 12.1 Å². The van der Waals surface area contributed by atoms with E-state index in [0.29, 0.717) is 17.2 Å². The molecular weight excluding hydrogens is 403 g/mol. The maximum atomic E-state index is 12.7. The van der Waals surface area contributed by atoms with E-state index < -0.39 is 23.7 Å². The number of alkyl halides is 3. The largest absolute Gasteiger partial charge is 0.495 e. The summed E-state index contributed by atoms with van der Waals surface area (Å²) in [4.78, 5) is 27.3. The van der Waals surface area contributed by atoms with E-state index in [2.05, 4.69) is 5.32 Å². The third-order valence-electron chi connectivity index (χ3n) is 4.69. The van der Waals surface area contributed by atoms with Crippen molar-refractivity contribution in [1.82, 2.24) is 9.80 Å². The van der Waals surface area contributed by atoms with Gasteiger partial charge in [0.1, 0.15) is 23.3 Å². The smallest absolute Gasteiger partial charge is 0.416 e. The number of amides is 3.